The van der Waals surface area contributed by atoms with Gasteiger partial charge in [-0.2, -0.15) is 0 Å². The number of Topliss-reactive ketones (excluding diaryl/α,β-unsaturated/α-hetero) is 1. The van der Waals surface area contributed by atoms with Crippen molar-refractivity contribution in [2.45, 2.75) is 45.7 Å². The van der Waals surface area contributed by atoms with Gasteiger partial charge >= 0.3 is 0 Å². The average molecular weight is 373 g/mol. The maximum atomic E-state index is 11.8. The van der Waals surface area contributed by atoms with E-state index in [4.69, 9.17) is 11.6 Å². The Balaban J connectivity index is 1.85. The third-order valence-electron chi connectivity index (χ3n) is 4.82. The van der Waals surface area contributed by atoms with Crippen molar-refractivity contribution in [2.24, 2.45) is 0 Å². The molecule has 0 radical (unpaired) electrons. The van der Waals surface area contributed by atoms with Gasteiger partial charge in [-0.25, -0.2) is 0 Å². The van der Waals surface area contributed by atoms with Crippen LogP contribution in [0.4, 0.5) is 11.4 Å². The molecule has 0 saturated carbocycles. The largest absolute Gasteiger partial charge is 0.394 e. The number of aliphatic hydroxyl groups is 1. The minimum atomic E-state index is -0.0556. The molecule has 3 N–H and O–H groups in total. The molecule has 0 aliphatic heterocycles. The first-order chi connectivity index (χ1) is 12.5. The molecule has 0 heterocycles. The van der Waals surface area contributed by atoms with Gasteiger partial charge in [-0.1, -0.05) is 23.7 Å². The molecule has 138 valence electrons. The van der Waals surface area contributed by atoms with Gasteiger partial charge in [0.15, 0.2) is 0 Å². The summed E-state index contributed by atoms with van der Waals surface area (Å²) in [5.74, 6) is 0.291. The smallest absolute Gasteiger partial charge is 0.137 e. The van der Waals surface area contributed by atoms with Crippen molar-refractivity contribution in [3.8, 4) is 0 Å². The number of ketones is 1. The van der Waals surface area contributed by atoms with E-state index in [1.165, 1.54) is 5.56 Å². The topological polar surface area (TPSA) is 61.4 Å². The van der Waals surface area contributed by atoms with Crippen LogP contribution < -0.4 is 10.6 Å². The summed E-state index contributed by atoms with van der Waals surface area (Å²) in [6.45, 7) is 4.61. The van der Waals surface area contributed by atoms with Crippen LogP contribution in [0.15, 0.2) is 30.3 Å². The van der Waals surface area contributed by atoms with Crippen LogP contribution in [0.5, 0.6) is 0 Å². The van der Waals surface area contributed by atoms with Crippen LogP contribution in [0.25, 0.3) is 0 Å². The number of hydrogen-bond acceptors (Lipinski definition) is 4. The van der Waals surface area contributed by atoms with E-state index in [0.717, 1.165) is 39.5 Å². The Bertz CT molecular complexity index is 820. The number of nitrogens with one attached hydrogen (secondary N) is 2. The predicted octanol–water partition coefficient (Wildman–Crippen LogP) is 4.11. The highest BCUT2D eigenvalue weighted by Gasteiger charge is 2.18. The summed E-state index contributed by atoms with van der Waals surface area (Å²) in [6.07, 6.45) is 1.92. The van der Waals surface area contributed by atoms with Gasteiger partial charge in [0.1, 0.15) is 5.78 Å². The predicted molar refractivity (Wildman–Crippen MR) is 107 cm³/mol. The monoisotopic (exact) mass is 372 g/mol. The van der Waals surface area contributed by atoms with Gasteiger partial charge in [0.05, 0.1) is 6.61 Å². The first-order valence-corrected chi connectivity index (χ1v) is 9.38. The number of benzene rings is 2. The first-order valence-electron chi connectivity index (χ1n) is 9.00. The van der Waals surface area contributed by atoms with E-state index in [2.05, 4.69) is 22.8 Å². The van der Waals surface area contributed by atoms with Crippen molar-refractivity contribution in [3.05, 3.63) is 57.6 Å². The number of fused-ring (bicyclic) bond motifs is 1. The van der Waals surface area contributed by atoms with E-state index in [9.17, 15) is 9.90 Å². The van der Waals surface area contributed by atoms with Crippen LogP contribution in [0, 0.1) is 6.92 Å². The summed E-state index contributed by atoms with van der Waals surface area (Å²) in [5.41, 5.74) is 6.44. The fraction of sp³-hybridized carbons (Fsp3) is 0.381. The molecule has 2 aromatic rings. The molecule has 3 rings (SSSR count). The summed E-state index contributed by atoms with van der Waals surface area (Å²) in [6, 6.07) is 10.1. The Morgan fingerprint density at radius 3 is 2.73 bits per heavy atom. The number of carbonyl (C=O) groups excluding carboxylic acids is 1. The Hall–Kier alpha value is -2.04. The summed E-state index contributed by atoms with van der Waals surface area (Å²) < 4.78 is 0. The zero-order valence-corrected chi connectivity index (χ0v) is 16.0. The fourth-order valence-electron chi connectivity index (χ4n) is 3.20. The molecule has 26 heavy (non-hydrogen) atoms. The van der Waals surface area contributed by atoms with Crippen molar-refractivity contribution < 1.29 is 9.90 Å². The summed E-state index contributed by atoms with van der Waals surface area (Å²) in [4.78, 5) is 11.8. The summed E-state index contributed by atoms with van der Waals surface area (Å²) >= 11 is 6.21. The molecule has 0 saturated heterocycles. The number of halogens is 1. The SMILES string of the molecule is Cc1ccc(NCc2cc3c(cc2N[C@@H](C)CO)CC(=O)CC3)cc1Cl. The van der Waals surface area contributed by atoms with Crippen LogP contribution in [0.3, 0.4) is 0 Å². The van der Waals surface area contributed by atoms with Crippen molar-refractivity contribution in [1.82, 2.24) is 0 Å². The third kappa shape index (κ3) is 4.37. The number of rotatable bonds is 6. The molecule has 0 amide bonds. The second-order valence-electron chi connectivity index (χ2n) is 7.04. The summed E-state index contributed by atoms with van der Waals surface area (Å²) in [5, 5.41) is 16.9. The van der Waals surface area contributed by atoms with Crippen LogP contribution in [0.2, 0.25) is 5.02 Å². The lowest BCUT2D eigenvalue weighted by molar-refractivity contribution is -0.118. The molecule has 0 spiro atoms. The maximum absolute atomic E-state index is 11.8. The quantitative estimate of drug-likeness (QED) is 0.714. The Morgan fingerprint density at radius 2 is 2.00 bits per heavy atom. The van der Waals surface area contributed by atoms with E-state index in [1.54, 1.807) is 0 Å². The summed E-state index contributed by atoms with van der Waals surface area (Å²) in [7, 11) is 0. The van der Waals surface area contributed by atoms with Gasteiger partial charge in [0.2, 0.25) is 0 Å². The van der Waals surface area contributed by atoms with Crippen LogP contribution in [-0.2, 0) is 24.2 Å². The highest BCUT2D eigenvalue weighted by atomic mass is 35.5. The minimum Gasteiger partial charge on any atom is -0.394 e. The van der Waals surface area contributed by atoms with E-state index < -0.39 is 0 Å². The van der Waals surface area contributed by atoms with Crippen molar-refractivity contribution >= 4 is 28.8 Å². The molecule has 0 fully saturated rings. The number of hydrogen-bond donors (Lipinski definition) is 3. The number of aliphatic hydroxyl groups excluding tert-OH is 1. The van der Waals surface area contributed by atoms with Gasteiger partial charge in [-0.05, 0) is 60.7 Å². The van der Waals surface area contributed by atoms with Gasteiger partial charge in [-0.3, -0.25) is 4.79 Å². The standard InChI is InChI=1S/C21H25ClN2O2/c1-13-3-5-18(10-20(13)22)23-11-17-7-15-4-6-19(26)8-16(15)9-21(17)24-14(2)12-25/h3,5,7,9-10,14,23-25H,4,6,8,11-12H2,1-2H3/t14-/m0/s1. The molecule has 0 unspecified atom stereocenters. The number of aryl methyl sites for hydroxylation is 2. The molecule has 1 aliphatic rings. The molecule has 0 aromatic heterocycles. The van der Waals surface area contributed by atoms with Crippen molar-refractivity contribution in [3.63, 3.8) is 0 Å². The lowest BCUT2D eigenvalue weighted by Crippen LogP contribution is -2.22. The third-order valence-corrected chi connectivity index (χ3v) is 5.22. The van der Waals surface area contributed by atoms with E-state index in [-0.39, 0.29) is 12.6 Å². The lowest BCUT2D eigenvalue weighted by Gasteiger charge is -2.22. The van der Waals surface area contributed by atoms with Gasteiger partial charge < -0.3 is 15.7 Å². The minimum absolute atomic E-state index is 0.0520. The molecular weight excluding hydrogens is 348 g/mol. The van der Waals surface area contributed by atoms with Crippen molar-refractivity contribution in [2.75, 3.05) is 17.2 Å². The van der Waals surface area contributed by atoms with E-state index in [1.807, 2.05) is 32.0 Å². The number of carbonyl (C=O) groups is 1. The van der Waals surface area contributed by atoms with E-state index >= 15 is 0 Å². The van der Waals surface area contributed by atoms with E-state index in [0.29, 0.717) is 25.2 Å². The maximum Gasteiger partial charge on any atom is 0.137 e. The van der Waals surface area contributed by atoms with Gasteiger partial charge in [0.25, 0.3) is 0 Å². The normalized spacial score (nSPS) is 14.7. The van der Waals surface area contributed by atoms with Gasteiger partial charge in [-0.15, -0.1) is 0 Å². The van der Waals surface area contributed by atoms with Crippen LogP contribution in [-0.4, -0.2) is 23.5 Å². The Kier molecular flexibility index (Phi) is 5.84. The average Bonchev–Trinajstić information content (AvgIpc) is 2.62. The van der Waals surface area contributed by atoms with Crippen molar-refractivity contribution in [1.29, 1.82) is 0 Å². The van der Waals surface area contributed by atoms with Crippen LogP contribution >= 0.6 is 11.6 Å². The second-order valence-corrected chi connectivity index (χ2v) is 7.45. The molecular formula is C21H25ClN2O2. The second kappa shape index (κ2) is 8.11. The highest BCUT2D eigenvalue weighted by Crippen LogP contribution is 2.28. The zero-order valence-electron chi connectivity index (χ0n) is 15.2. The molecule has 1 aliphatic carbocycles. The van der Waals surface area contributed by atoms with Crippen LogP contribution in [0.1, 0.15) is 35.6 Å². The molecule has 4 nitrogen and oxygen atoms in total. The highest BCUT2D eigenvalue weighted by molar-refractivity contribution is 6.31. The first kappa shape index (κ1) is 18.7. The van der Waals surface area contributed by atoms with Gasteiger partial charge in [0, 0.05) is 41.8 Å². The number of anilines is 2. The lowest BCUT2D eigenvalue weighted by atomic mass is 9.88. The zero-order chi connectivity index (χ0) is 18.7. The molecule has 5 heteroatoms. The molecule has 0 bridgehead atoms. The Labute approximate surface area is 159 Å². The fourth-order valence-corrected chi connectivity index (χ4v) is 3.38. The molecule has 2 aromatic carbocycles. The Morgan fingerprint density at radius 1 is 1.19 bits per heavy atom. The molecule has 1 atom stereocenters.